The average Bonchev–Trinajstić information content (AvgIpc) is 3.17. The number of hydrogen-bond donors (Lipinski definition) is 1. The molecule has 0 atom stereocenters. The summed E-state index contributed by atoms with van der Waals surface area (Å²) in [6, 6.07) is 15.5. The smallest absolute Gasteiger partial charge is 0.230 e. The molecule has 0 aliphatic carbocycles. The zero-order valence-corrected chi connectivity index (χ0v) is 18.6. The molecule has 0 aliphatic heterocycles. The van der Waals surface area contributed by atoms with E-state index in [2.05, 4.69) is 30.4 Å². The lowest BCUT2D eigenvalue weighted by molar-refractivity contribution is 0.863. The summed E-state index contributed by atoms with van der Waals surface area (Å²) in [5.74, 6) is 0.892. The van der Waals surface area contributed by atoms with Crippen molar-refractivity contribution in [2.75, 3.05) is 5.32 Å². The van der Waals surface area contributed by atoms with Gasteiger partial charge in [-0.25, -0.2) is 24.6 Å². The fourth-order valence-electron chi connectivity index (χ4n) is 3.61. The lowest BCUT2D eigenvalue weighted by atomic mass is 10.1. The van der Waals surface area contributed by atoms with Crippen LogP contribution in [-0.2, 0) is 0 Å². The van der Waals surface area contributed by atoms with Crippen molar-refractivity contribution in [2.24, 2.45) is 0 Å². The van der Waals surface area contributed by atoms with Gasteiger partial charge < -0.3 is 0 Å². The molecule has 0 unspecified atom stereocenters. The molecule has 0 amide bonds. The summed E-state index contributed by atoms with van der Waals surface area (Å²) in [4.78, 5) is 18.3. The predicted octanol–water partition coefficient (Wildman–Crippen LogP) is 5.59. The van der Waals surface area contributed by atoms with Gasteiger partial charge in [-0.2, -0.15) is 5.10 Å². The highest BCUT2D eigenvalue weighted by Gasteiger charge is 2.13. The number of fused-ring (bicyclic) bond motifs is 1. The summed E-state index contributed by atoms with van der Waals surface area (Å²) in [6.45, 7) is 5.97. The van der Waals surface area contributed by atoms with E-state index in [-0.39, 0.29) is 0 Å². The number of nitrogens with zero attached hydrogens (tertiary/aromatic N) is 6. The van der Waals surface area contributed by atoms with Crippen molar-refractivity contribution in [1.29, 1.82) is 0 Å². The monoisotopic (exact) mass is 441 g/mol. The minimum absolute atomic E-state index is 0.425. The summed E-state index contributed by atoms with van der Waals surface area (Å²) in [5.41, 5.74) is 6.36. The molecule has 5 rings (SSSR count). The van der Waals surface area contributed by atoms with Crippen molar-refractivity contribution in [3.05, 3.63) is 82.9 Å². The van der Waals surface area contributed by atoms with E-state index in [1.165, 1.54) is 0 Å². The summed E-state index contributed by atoms with van der Waals surface area (Å²) < 4.78 is 1.81. The molecule has 7 nitrogen and oxygen atoms in total. The first kappa shape index (κ1) is 20.1. The first-order valence-electron chi connectivity index (χ1n) is 10.1. The molecule has 0 saturated heterocycles. The fraction of sp³-hybridized carbons (Fsp3) is 0.125. The lowest BCUT2D eigenvalue weighted by Crippen LogP contribution is -2.04. The zero-order valence-electron chi connectivity index (χ0n) is 17.8. The third-order valence-electron chi connectivity index (χ3n) is 5.26. The molecule has 32 heavy (non-hydrogen) atoms. The molecule has 0 radical (unpaired) electrons. The van der Waals surface area contributed by atoms with Crippen LogP contribution in [0.3, 0.4) is 0 Å². The Morgan fingerprint density at radius 3 is 2.47 bits per heavy atom. The largest absolute Gasteiger partial charge is 0.293 e. The van der Waals surface area contributed by atoms with E-state index >= 15 is 0 Å². The van der Waals surface area contributed by atoms with E-state index in [0.717, 1.165) is 44.8 Å². The van der Waals surface area contributed by atoms with Crippen LogP contribution in [0.15, 0.2) is 60.9 Å². The van der Waals surface area contributed by atoms with Gasteiger partial charge in [0.15, 0.2) is 0 Å². The SMILES string of the molecule is Cc1nn(-c2ccc(Cl)cc2)cc1-c1ccnc(Nc2nc(C)c3cccc(C)c3n2)n1. The molecule has 2 aromatic carbocycles. The number of halogens is 1. The number of aromatic nitrogens is 6. The second kappa shape index (κ2) is 8.01. The van der Waals surface area contributed by atoms with Crippen LogP contribution in [0.2, 0.25) is 5.02 Å². The van der Waals surface area contributed by atoms with Crippen LogP contribution in [-0.4, -0.2) is 29.7 Å². The number of rotatable bonds is 4. The molecule has 0 saturated carbocycles. The van der Waals surface area contributed by atoms with Crippen molar-refractivity contribution < 1.29 is 0 Å². The molecule has 1 N–H and O–H groups in total. The lowest BCUT2D eigenvalue weighted by Gasteiger charge is -2.09. The number of anilines is 2. The van der Waals surface area contributed by atoms with Gasteiger partial charge in [0.05, 0.1) is 28.3 Å². The van der Waals surface area contributed by atoms with E-state index in [1.807, 2.05) is 80.2 Å². The quantitative estimate of drug-likeness (QED) is 0.391. The molecule has 158 valence electrons. The molecule has 3 aromatic heterocycles. The van der Waals surface area contributed by atoms with Gasteiger partial charge in [0.25, 0.3) is 0 Å². The van der Waals surface area contributed by atoms with Crippen molar-refractivity contribution in [3.63, 3.8) is 0 Å². The summed E-state index contributed by atoms with van der Waals surface area (Å²) in [6.07, 6.45) is 3.66. The first-order chi connectivity index (χ1) is 15.5. The van der Waals surface area contributed by atoms with E-state index in [1.54, 1.807) is 6.20 Å². The third kappa shape index (κ3) is 3.78. The van der Waals surface area contributed by atoms with Crippen molar-refractivity contribution in [3.8, 4) is 16.9 Å². The maximum Gasteiger partial charge on any atom is 0.230 e. The Bertz CT molecular complexity index is 1440. The van der Waals surface area contributed by atoms with Gasteiger partial charge in [-0.3, -0.25) is 5.32 Å². The molecule has 0 aliphatic rings. The summed E-state index contributed by atoms with van der Waals surface area (Å²) in [5, 5.41) is 9.50. The Morgan fingerprint density at radius 2 is 1.66 bits per heavy atom. The second-order valence-electron chi connectivity index (χ2n) is 7.54. The van der Waals surface area contributed by atoms with Gasteiger partial charge in [0, 0.05) is 28.4 Å². The van der Waals surface area contributed by atoms with E-state index in [4.69, 9.17) is 11.6 Å². The highest BCUT2D eigenvalue weighted by atomic mass is 35.5. The number of para-hydroxylation sites is 1. The van der Waals surface area contributed by atoms with E-state index in [0.29, 0.717) is 16.9 Å². The van der Waals surface area contributed by atoms with E-state index in [9.17, 15) is 0 Å². The Balaban J connectivity index is 1.48. The molecule has 0 bridgehead atoms. The van der Waals surface area contributed by atoms with Crippen LogP contribution >= 0.6 is 11.6 Å². The molecule has 5 aromatic rings. The molecular formula is C24H20ClN7. The maximum atomic E-state index is 6.00. The van der Waals surface area contributed by atoms with Crippen LogP contribution in [0.25, 0.3) is 27.8 Å². The average molecular weight is 442 g/mol. The molecule has 8 heteroatoms. The van der Waals surface area contributed by atoms with Crippen LogP contribution in [0, 0.1) is 20.8 Å². The topological polar surface area (TPSA) is 81.4 Å². The van der Waals surface area contributed by atoms with E-state index < -0.39 is 0 Å². The van der Waals surface area contributed by atoms with Gasteiger partial charge in [-0.15, -0.1) is 0 Å². The van der Waals surface area contributed by atoms with Crippen LogP contribution in [0.5, 0.6) is 0 Å². The van der Waals surface area contributed by atoms with Crippen LogP contribution in [0.1, 0.15) is 17.0 Å². The predicted molar refractivity (Wildman–Crippen MR) is 127 cm³/mol. The minimum atomic E-state index is 0.425. The number of benzene rings is 2. The minimum Gasteiger partial charge on any atom is -0.293 e. The van der Waals surface area contributed by atoms with Gasteiger partial charge in [-0.05, 0) is 56.7 Å². The van der Waals surface area contributed by atoms with Gasteiger partial charge in [0.2, 0.25) is 11.9 Å². The van der Waals surface area contributed by atoms with Crippen LogP contribution in [0.4, 0.5) is 11.9 Å². The highest BCUT2D eigenvalue weighted by molar-refractivity contribution is 6.30. The summed E-state index contributed by atoms with van der Waals surface area (Å²) in [7, 11) is 0. The maximum absolute atomic E-state index is 6.00. The van der Waals surface area contributed by atoms with Gasteiger partial charge in [0.1, 0.15) is 0 Å². The Hall–Kier alpha value is -3.84. The first-order valence-corrected chi connectivity index (χ1v) is 10.5. The van der Waals surface area contributed by atoms with Gasteiger partial charge in [-0.1, -0.05) is 29.8 Å². The number of nitrogens with one attached hydrogen (secondary N) is 1. The summed E-state index contributed by atoms with van der Waals surface area (Å²) >= 11 is 6.00. The number of hydrogen-bond acceptors (Lipinski definition) is 6. The standard InChI is InChI=1S/C24H20ClN7/c1-14-5-4-6-19-15(2)27-24(29-22(14)19)30-23-26-12-11-21(28-23)20-13-32(31-16(20)3)18-9-7-17(25)8-10-18/h4-13H,1-3H3,(H,26,27,28,29,30). The van der Waals surface area contributed by atoms with Gasteiger partial charge >= 0.3 is 0 Å². The zero-order chi connectivity index (χ0) is 22.2. The normalized spacial score (nSPS) is 11.1. The fourth-order valence-corrected chi connectivity index (χ4v) is 3.74. The Labute approximate surface area is 190 Å². The molecule has 0 fully saturated rings. The third-order valence-corrected chi connectivity index (χ3v) is 5.52. The second-order valence-corrected chi connectivity index (χ2v) is 7.98. The molecule has 3 heterocycles. The van der Waals surface area contributed by atoms with Crippen molar-refractivity contribution in [2.45, 2.75) is 20.8 Å². The number of aryl methyl sites for hydroxylation is 3. The van der Waals surface area contributed by atoms with Crippen molar-refractivity contribution >= 4 is 34.4 Å². The molecular weight excluding hydrogens is 422 g/mol. The molecule has 0 spiro atoms. The highest BCUT2D eigenvalue weighted by Crippen LogP contribution is 2.25. The Kier molecular flexibility index (Phi) is 5.03. The van der Waals surface area contributed by atoms with Crippen LogP contribution < -0.4 is 5.32 Å². The van der Waals surface area contributed by atoms with Crippen molar-refractivity contribution in [1.82, 2.24) is 29.7 Å². The Morgan fingerprint density at radius 1 is 0.844 bits per heavy atom.